The van der Waals surface area contributed by atoms with Gasteiger partial charge >= 0.3 is 0 Å². The van der Waals surface area contributed by atoms with Gasteiger partial charge in [-0.05, 0) is 43.5 Å². The molecule has 0 aliphatic carbocycles. The van der Waals surface area contributed by atoms with Crippen molar-refractivity contribution in [3.05, 3.63) is 35.6 Å². The lowest BCUT2D eigenvalue weighted by atomic mass is 10.0. The van der Waals surface area contributed by atoms with Crippen molar-refractivity contribution in [1.29, 1.82) is 0 Å². The maximum absolute atomic E-state index is 13.2. The fraction of sp³-hybridized carbons (Fsp3) is 0.625. The summed E-state index contributed by atoms with van der Waals surface area (Å²) in [4.78, 5) is 2.33. The molecule has 4 heteroatoms. The molecule has 2 atom stereocenters. The van der Waals surface area contributed by atoms with Gasteiger partial charge in [0.2, 0.25) is 0 Å². The predicted octanol–water partition coefficient (Wildman–Crippen LogP) is 2.72. The standard InChI is InChI=1S/C16H25FN2O/c1-2-9-20-15-7-4-8-19(11-15)12-16(18)13-5-3-6-14(17)10-13/h3,5-6,10,15-16H,2,4,7-9,11-12,18H2,1H3. The molecule has 2 unspecified atom stereocenters. The van der Waals surface area contributed by atoms with E-state index in [-0.39, 0.29) is 11.9 Å². The SMILES string of the molecule is CCCOC1CCCN(CC(N)c2cccc(F)c2)C1. The van der Waals surface area contributed by atoms with Gasteiger partial charge in [0.15, 0.2) is 0 Å². The normalized spacial score (nSPS) is 21.9. The van der Waals surface area contributed by atoms with Gasteiger partial charge in [0, 0.05) is 25.7 Å². The van der Waals surface area contributed by atoms with Crippen molar-refractivity contribution in [2.24, 2.45) is 5.73 Å². The molecule has 20 heavy (non-hydrogen) atoms. The van der Waals surface area contributed by atoms with Gasteiger partial charge in [-0.15, -0.1) is 0 Å². The average Bonchev–Trinajstić information content (AvgIpc) is 2.45. The zero-order chi connectivity index (χ0) is 14.4. The van der Waals surface area contributed by atoms with E-state index in [2.05, 4.69) is 11.8 Å². The van der Waals surface area contributed by atoms with Gasteiger partial charge < -0.3 is 10.5 Å². The van der Waals surface area contributed by atoms with Gasteiger partial charge in [0.25, 0.3) is 0 Å². The van der Waals surface area contributed by atoms with Crippen molar-refractivity contribution in [1.82, 2.24) is 4.90 Å². The monoisotopic (exact) mass is 280 g/mol. The molecule has 0 bridgehead atoms. The zero-order valence-electron chi connectivity index (χ0n) is 12.2. The molecule has 1 aliphatic rings. The molecule has 1 aromatic carbocycles. The number of nitrogens with zero attached hydrogens (tertiary/aromatic N) is 1. The third kappa shape index (κ3) is 4.54. The summed E-state index contributed by atoms with van der Waals surface area (Å²) in [5.41, 5.74) is 7.05. The van der Waals surface area contributed by atoms with Crippen molar-refractivity contribution in [3.63, 3.8) is 0 Å². The first kappa shape index (κ1) is 15.4. The van der Waals surface area contributed by atoms with E-state index in [0.29, 0.717) is 6.10 Å². The number of piperidine rings is 1. The molecule has 2 rings (SSSR count). The third-order valence-electron chi connectivity index (χ3n) is 3.75. The van der Waals surface area contributed by atoms with Crippen molar-refractivity contribution >= 4 is 0 Å². The lowest BCUT2D eigenvalue weighted by Crippen LogP contribution is -2.43. The first-order chi connectivity index (χ1) is 9.69. The number of hydrogen-bond acceptors (Lipinski definition) is 3. The number of halogens is 1. The minimum absolute atomic E-state index is 0.143. The van der Waals surface area contributed by atoms with Crippen LogP contribution in [-0.4, -0.2) is 37.2 Å². The van der Waals surface area contributed by atoms with Crippen LogP contribution in [0.25, 0.3) is 0 Å². The highest BCUT2D eigenvalue weighted by Crippen LogP contribution is 2.18. The van der Waals surface area contributed by atoms with E-state index in [1.54, 1.807) is 6.07 Å². The van der Waals surface area contributed by atoms with Crippen LogP contribution in [0, 0.1) is 5.82 Å². The summed E-state index contributed by atoms with van der Waals surface area (Å²) in [6.07, 6.45) is 3.65. The van der Waals surface area contributed by atoms with Gasteiger partial charge in [-0.1, -0.05) is 19.1 Å². The lowest BCUT2D eigenvalue weighted by Gasteiger charge is -2.34. The second-order valence-corrected chi connectivity index (χ2v) is 5.56. The molecule has 1 aliphatic heterocycles. The van der Waals surface area contributed by atoms with E-state index >= 15 is 0 Å². The molecule has 1 saturated heterocycles. The number of benzene rings is 1. The Kier molecular flexibility index (Phi) is 5.95. The van der Waals surface area contributed by atoms with Crippen molar-refractivity contribution in [2.75, 3.05) is 26.2 Å². The Morgan fingerprint density at radius 2 is 2.35 bits per heavy atom. The van der Waals surface area contributed by atoms with E-state index < -0.39 is 0 Å². The van der Waals surface area contributed by atoms with E-state index in [1.807, 2.05) is 6.07 Å². The summed E-state index contributed by atoms with van der Waals surface area (Å²) in [7, 11) is 0. The molecule has 0 spiro atoms. The van der Waals surface area contributed by atoms with Gasteiger partial charge in [-0.25, -0.2) is 4.39 Å². The number of rotatable bonds is 6. The molecule has 1 fully saturated rings. The Bertz CT molecular complexity index is 413. The van der Waals surface area contributed by atoms with E-state index in [0.717, 1.165) is 51.1 Å². The summed E-state index contributed by atoms with van der Waals surface area (Å²) in [5, 5.41) is 0. The minimum atomic E-state index is -0.222. The summed E-state index contributed by atoms with van der Waals surface area (Å²) in [6.45, 7) is 5.70. The van der Waals surface area contributed by atoms with E-state index in [1.165, 1.54) is 12.1 Å². The Balaban J connectivity index is 1.85. The highest BCUT2D eigenvalue weighted by molar-refractivity contribution is 5.20. The molecular formula is C16H25FN2O. The topological polar surface area (TPSA) is 38.5 Å². The highest BCUT2D eigenvalue weighted by atomic mass is 19.1. The van der Waals surface area contributed by atoms with Crippen molar-refractivity contribution in [3.8, 4) is 0 Å². The van der Waals surface area contributed by atoms with Gasteiger partial charge in [-0.3, -0.25) is 4.90 Å². The molecule has 112 valence electrons. The fourth-order valence-electron chi connectivity index (χ4n) is 2.72. The maximum atomic E-state index is 13.2. The summed E-state index contributed by atoms with van der Waals surface area (Å²) >= 11 is 0. The maximum Gasteiger partial charge on any atom is 0.123 e. The van der Waals surface area contributed by atoms with Crippen LogP contribution in [0.15, 0.2) is 24.3 Å². The molecular weight excluding hydrogens is 255 g/mol. The Morgan fingerprint density at radius 3 is 3.10 bits per heavy atom. The molecule has 3 nitrogen and oxygen atoms in total. The van der Waals surface area contributed by atoms with Crippen molar-refractivity contribution in [2.45, 2.75) is 38.3 Å². The molecule has 1 heterocycles. The number of nitrogens with two attached hydrogens (primary N) is 1. The Labute approximate surface area is 120 Å². The third-order valence-corrected chi connectivity index (χ3v) is 3.75. The van der Waals surface area contributed by atoms with Crippen LogP contribution < -0.4 is 5.73 Å². The van der Waals surface area contributed by atoms with Crippen LogP contribution in [0.1, 0.15) is 37.8 Å². The summed E-state index contributed by atoms with van der Waals surface area (Å²) in [6, 6.07) is 6.44. The second-order valence-electron chi connectivity index (χ2n) is 5.56. The largest absolute Gasteiger partial charge is 0.377 e. The number of hydrogen-bond donors (Lipinski definition) is 1. The smallest absolute Gasteiger partial charge is 0.123 e. The fourth-order valence-corrected chi connectivity index (χ4v) is 2.72. The molecule has 0 saturated carbocycles. The summed E-state index contributed by atoms with van der Waals surface area (Å²) in [5.74, 6) is -0.222. The quantitative estimate of drug-likeness (QED) is 0.870. The zero-order valence-corrected chi connectivity index (χ0v) is 12.2. The van der Waals surface area contributed by atoms with Gasteiger partial charge in [-0.2, -0.15) is 0 Å². The lowest BCUT2D eigenvalue weighted by molar-refractivity contribution is -0.00139. The Morgan fingerprint density at radius 1 is 1.50 bits per heavy atom. The first-order valence-electron chi connectivity index (χ1n) is 7.54. The van der Waals surface area contributed by atoms with Crippen LogP contribution in [0.5, 0.6) is 0 Å². The summed E-state index contributed by atoms with van der Waals surface area (Å²) < 4.78 is 19.0. The van der Waals surface area contributed by atoms with E-state index in [4.69, 9.17) is 10.5 Å². The minimum Gasteiger partial charge on any atom is -0.377 e. The van der Waals surface area contributed by atoms with Crippen LogP contribution >= 0.6 is 0 Å². The van der Waals surface area contributed by atoms with Crippen LogP contribution in [0.4, 0.5) is 4.39 Å². The average molecular weight is 280 g/mol. The predicted molar refractivity (Wildman–Crippen MR) is 79.0 cm³/mol. The van der Waals surface area contributed by atoms with Gasteiger partial charge in [0.05, 0.1) is 6.10 Å². The second kappa shape index (κ2) is 7.72. The van der Waals surface area contributed by atoms with Crippen LogP contribution in [-0.2, 0) is 4.74 Å². The number of likely N-dealkylation sites (tertiary alicyclic amines) is 1. The molecule has 0 amide bonds. The van der Waals surface area contributed by atoms with Gasteiger partial charge in [0.1, 0.15) is 5.82 Å². The first-order valence-corrected chi connectivity index (χ1v) is 7.54. The van der Waals surface area contributed by atoms with E-state index in [9.17, 15) is 4.39 Å². The highest BCUT2D eigenvalue weighted by Gasteiger charge is 2.22. The molecule has 0 aromatic heterocycles. The van der Waals surface area contributed by atoms with Crippen molar-refractivity contribution < 1.29 is 9.13 Å². The number of ether oxygens (including phenoxy) is 1. The van der Waals surface area contributed by atoms with Crippen LogP contribution in [0.3, 0.4) is 0 Å². The van der Waals surface area contributed by atoms with Crippen LogP contribution in [0.2, 0.25) is 0 Å². The molecule has 2 N–H and O–H groups in total. The molecule has 0 radical (unpaired) electrons. The molecule has 1 aromatic rings. The Hall–Kier alpha value is -0.970.